The number of carbonyl (C=O) groups excluding carboxylic acids is 2. The topological polar surface area (TPSA) is 100 Å². The lowest BCUT2D eigenvalue weighted by atomic mass is 9.96. The molecule has 5 aliphatic rings. The quantitative estimate of drug-likeness (QED) is 0.183. The molecule has 0 bridgehead atoms. The molecule has 2 amide bonds. The first-order valence-corrected chi connectivity index (χ1v) is 19.4. The Labute approximate surface area is 315 Å². The van der Waals surface area contributed by atoms with Gasteiger partial charge >= 0.3 is 12.2 Å². The zero-order chi connectivity index (χ0) is 37.3. The maximum atomic E-state index is 13.2. The SMILES string of the molecule is CC(C)(C)OC(=O)N1[C@@H]2C[C@@H]2C[C@H]1C1=Nc2ccc3cc(C#Cc4ccc5c(ccc6[nH]c([C@@H]7C[C@H]8C[C@H]8N7C(=O)OC(C)(C)C)nc65)c4)ccc3c2C1. The second kappa shape index (κ2) is 11.6. The van der Waals surface area contributed by atoms with Crippen molar-refractivity contribution in [1.82, 2.24) is 19.8 Å². The minimum atomic E-state index is -0.543. The van der Waals surface area contributed by atoms with E-state index in [1.165, 1.54) is 10.9 Å². The highest BCUT2D eigenvalue weighted by atomic mass is 16.6. The zero-order valence-electron chi connectivity index (χ0n) is 31.7. The van der Waals surface area contributed by atoms with Crippen LogP contribution in [0.15, 0.2) is 65.7 Å². The van der Waals surface area contributed by atoms with E-state index in [0.29, 0.717) is 11.8 Å². The summed E-state index contributed by atoms with van der Waals surface area (Å²) in [6.45, 7) is 11.5. The summed E-state index contributed by atoms with van der Waals surface area (Å²) in [5.74, 6) is 8.68. The number of piperidine rings is 2. The molecule has 4 aromatic carbocycles. The summed E-state index contributed by atoms with van der Waals surface area (Å²) in [6.07, 6.45) is 4.24. The third-order valence-corrected chi connectivity index (χ3v) is 11.7. The summed E-state index contributed by atoms with van der Waals surface area (Å²) < 4.78 is 11.6. The van der Waals surface area contributed by atoms with Crippen LogP contribution in [0.4, 0.5) is 15.3 Å². The second-order valence-corrected chi connectivity index (χ2v) is 18.0. The fourth-order valence-corrected chi connectivity index (χ4v) is 9.13. The Kier molecular flexibility index (Phi) is 7.12. The van der Waals surface area contributed by atoms with Crippen molar-refractivity contribution >= 4 is 56.2 Å². The summed E-state index contributed by atoms with van der Waals surface area (Å²) in [5.41, 5.74) is 5.96. The number of likely N-dealkylation sites (tertiary alicyclic amines) is 2. The first kappa shape index (κ1) is 33.2. The molecule has 0 radical (unpaired) electrons. The van der Waals surface area contributed by atoms with E-state index >= 15 is 0 Å². The van der Waals surface area contributed by atoms with Crippen LogP contribution in [0.1, 0.15) is 95.8 Å². The van der Waals surface area contributed by atoms with Crippen LogP contribution >= 0.6 is 0 Å². The molecule has 4 heterocycles. The van der Waals surface area contributed by atoms with E-state index in [0.717, 1.165) is 87.6 Å². The fourth-order valence-electron chi connectivity index (χ4n) is 9.13. The van der Waals surface area contributed by atoms with Gasteiger partial charge < -0.3 is 14.5 Å². The van der Waals surface area contributed by atoms with Gasteiger partial charge in [-0.2, -0.15) is 0 Å². The number of amides is 2. The third-order valence-electron chi connectivity index (χ3n) is 11.7. The molecule has 6 atom stereocenters. The molecule has 2 saturated carbocycles. The Bertz CT molecular complexity index is 2530. The van der Waals surface area contributed by atoms with E-state index in [9.17, 15) is 9.59 Å². The van der Waals surface area contributed by atoms with Gasteiger partial charge in [0.1, 0.15) is 17.0 Å². The maximum Gasteiger partial charge on any atom is 0.411 e. The van der Waals surface area contributed by atoms with Gasteiger partial charge in [-0.1, -0.05) is 36.1 Å². The molecule has 9 heteroatoms. The molecule has 1 aromatic heterocycles. The molecule has 9 nitrogen and oxygen atoms in total. The van der Waals surface area contributed by atoms with E-state index in [1.807, 2.05) is 51.3 Å². The highest BCUT2D eigenvalue weighted by Gasteiger charge is 2.57. The third kappa shape index (κ3) is 5.78. The Morgan fingerprint density at radius 3 is 1.94 bits per heavy atom. The first-order chi connectivity index (χ1) is 25.8. The number of ether oxygens (including phenoxy) is 2. The van der Waals surface area contributed by atoms with E-state index in [2.05, 4.69) is 77.5 Å². The molecule has 274 valence electrons. The normalized spacial score (nSPS) is 25.3. The van der Waals surface area contributed by atoms with Gasteiger partial charge in [-0.15, -0.1) is 0 Å². The molecule has 4 fully saturated rings. The maximum absolute atomic E-state index is 13.2. The molecule has 5 aromatic rings. The number of fused-ring (bicyclic) bond motifs is 8. The van der Waals surface area contributed by atoms with Crippen LogP contribution in [0.25, 0.3) is 32.6 Å². The van der Waals surface area contributed by atoms with Crippen molar-refractivity contribution in [2.75, 3.05) is 0 Å². The van der Waals surface area contributed by atoms with Crippen LogP contribution in [-0.4, -0.2) is 67.0 Å². The van der Waals surface area contributed by atoms with Crippen molar-refractivity contribution in [3.8, 4) is 11.8 Å². The molecular weight excluding hydrogens is 675 g/mol. The number of nitrogens with one attached hydrogen (secondary N) is 1. The standard InChI is InChI=1S/C45H45N5O4/c1-44(2,3)53-42(51)49-36-19-28(36)21-38(49)35-23-32-30-13-9-24(17-26(30)11-15-33(32)46-35)7-8-25-10-14-31-27(18-25)12-16-34-40(31)48-41(47-34)39-22-29-20-37(29)50(39)43(52)54-45(4,5)6/h9-18,28-29,36-39H,19-23H2,1-6H3,(H,47,48)/t28-,29-,36-,37-,38+,39+/m1/s1. The van der Waals surface area contributed by atoms with Crippen LogP contribution < -0.4 is 0 Å². The van der Waals surface area contributed by atoms with Gasteiger partial charge in [-0.3, -0.25) is 14.8 Å². The molecule has 10 rings (SSSR count). The molecule has 2 saturated heterocycles. The number of H-pyrrole nitrogens is 1. The number of aliphatic imine (C=N–C) groups is 1. The van der Waals surface area contributed by atoms with Gasteiger partial charge in [0, 0.05) is 40.7 Å². The first-order valence-electron chi connectivity index (χ1n) is 19.4. The Morgan fingerprint density at radius 1 is 0.722 bits per heavy atom. The summed E-state index contributed by atoms with van der Waals surface area (Å²) in [5, 5.41) is 4.44. The van der Waals surface area contributed by atoms with Gasteiger partial charge in [0.05, 0.1) is 28.8 Å². The van der Waals surface area contributed by atoms with Crippen LogP contribution in [0, 0.1) is 23.7 Å². The molecule has 0 unspecified atom stereocenters. The number of hydrogen-bond acceptors (Lipinski definition) is 6. The van der Waals surface area contributed by atoms with Crippen LogP contribution in [0.2, 0.25) is 0 Å². The fraction of sp³-hybridized carbons (Fsp3) is 0.422. The van der Waals surface area contributed by atoms with Crippen molar-refractivity contribution in [2.24, 2.45) is 16.8 Å². The van der Waals surface area contributed by atoms with Crippen molar-refractivity contribution in [3.63, 3.8) is 0 Å². The van der Waals surface area contributed by atoms with E-state index in [-0.39, 0.29) is 36.4 Å². The molecule has 2 aliphatic carbocycles. The molecular formula is C45H45N5O4. The van der Waals surface area contributed by atoms with E-state index in [1.54, 1.807) is 0 Å². The Balaban J connectivity index is 0.870. The van der Waals surface area contributed by atoms with Gasteiger partial charge in [-0.05, 0) is 137 Å². The second-order valence-electron chi connectivity index (χ2n) is 18.0. The van der Waals surface area contributed by atoms with Crippen molar-refractivity contribution < 1.29 is 19.1 Å². The van der Waals surface area contributed by atoms with Crippen molar-refractivity contribution in [2.45, 2.75) is 109 Å². The summed E-state index contributed by atoms with van der Waals surface area (Å²) in [4.78, 5) is 43.9. The highest BCUT2D eigenvalue weighted by molar-refractivity contribution is 6.06. The van der Waals surface area contributed by atoms with E-state index < -0.39 is 11.2 Å². The predicted octanol–water partition coefficient (Wildman–Crippen LogP) is 9.37. The number of aromatic nitrogens is 2. The number of hydrogen-bond donors (Lipinski definition) is 1. The number of nitrogens with zero attached hydrogens (tertiary/aromatic N) is 4. The average Bonchev–Trinajstić information content (AvgIpc) is 3.75. The molecule has 54 heavy (non-hydrogen) atoms. The van der Waals surface area contributed by atoms with Gasteiger partial charge in [-0.25, -0.2) is 14.6 Å². The number of benzene rings is 4. The summed E-state index contributed by atoms with van der Waals surface area (Å²) in [7, 11) is 0. The zero-order valence-corrected chi connectivity index (χ0v) is 31.7. The highest BCUT2D eigenvalue weighted by Crippen LogP contribution is 2.54. The van der Waals surface area contributed by atoms with Crippen molar-refractivity contribution in [3.05, 3.63) is 83.2 Å². The number of imidazole rings is 1. The number of carbonyl (C=O) groups is 2. The smallest absolute Gasteiger partial charge is 0.411 e. The lowest BCUT2D eigenvalue weighted by Crippen LogP contribution is -2.45. The molecule has 1 N–H and O–H groups in total. The molecule has 3 aliphatic heterocycles. The van der Waals surface area contributed by atoms with Gasteiger partial charge in [0.2, 0.25) is 0 Å². The Hall–Kier alpha value is -5.36. The summed E-state index contributed by atoms with van der Waals surface area (Å²) >= 11 is 0. The predicted molar refractivity (Wildman–Crippen MR) is 210 cm³/mol. The lowest BCUT2D eigenvalue weighted by Gasteiger charge is -2.30. The van der Waals surface area contributed by atoms with Crippen LogP contribution in [0.5, 0.6) is 0 Å². The van der Waals surface area contributed by atoms with Crippen LogP contribution in [0.3, 0.4) is 0 Å². The average molecular weight is 720 g/mol. The van der Waals surface area contributed by atoms with E-state index in [4.69, 9.17) is 19.5 Å². The minimum Gasteiger partial charge on any atom is -0.444 e. The lowest BCUT2D eigenvalue weighted by molar-refractivity contribution is 0.0173. The van der Waals surface area contributed by atoms with Gasteiger partial charge in [0.15, 0.2) is 0 Å². The summed E-state index contributed by atoms with van der Waals surface area (Å²) in [6, 6.07) is 21.5. The van der Waals surface area contributed by atoms with Gasteiger partial charge in [0.25, 0.3) is 0 Å². The monoisotopic (exact) mass is 719 g/mol. The van der Waals surface area contributed by atoms with Crippen molar-refractivity contribution in [1.29, 1.82) is 0 Å². The molecule has 0 spiro atoms. The van der Waals surface area contributed by atoms with Crippen LogP contribution in [-0.2, 0) is 15.9 Å². The minimum absolute atomic E-state index is 0.00312. The number of rotatable bonds is 2. The Morgan fingerprint density at radius 2 is 1.30 bits per heavy atom. The largest absolute Gasteiger partial charge is 0.444 e. The number of aromatic amines is 1.